The van der Waals surface area contributed by atoms with E-state index in [0.717, 1.165) is 11.1 Å². The van der Waals surface area contributed by atoms with E-state index in [0.29, 0.717) is 22.4 Å². The van der Waals surface area contributed by atoms with Crippen LogP contribution in [0.4, 0.5) is 10.1 Å². The minimum atomic E-state index is -0.344. The second-order valence-corrected chi connectivity index (χ2v) is 7.73. The molecule has 32 heavy (non-hydrogen) atoms. The summed E-state index contributed by atoms with van der Waals surface area (Å²) in [6, 6.07) is 23.3. The van der Waals surface area contributed by atoms with Crippen molar-refractivity contribution >= 4 is 23.4 Å². The highest BCUT2D eigenvalue weighted by Crippen LogP contribution is 2.22. The van der Waals surface area contributed by atoms with Crippen molar-refractivity contribution in [1.82, 2.24) is 14.9 Å². The van der Waals surface area contributed by atoms with Gasteiger partial charge in [-0.05, 0) is 47.5 Å². The van der Waals surface area contributed by atoms with E-state index in [-0.39, 0.29) is 24.1 Å². The summed E-state index contributed by atoms with van der Waals surface area (Å²) < 4.78 is 19.8. The number of nitrogens with one attached hydrogen (secondary N) is 1. The number of amides is 1. The van der Waals surface area contributed by atoms with Gasteiger partial charge in [-0.1, -0.05) is 54.2 Å². The number of carbonyl (C=O) groups is 1. The Morgan fingerprint density at radius 1 is 0.969 bits per heavy atom. The van der Waals surface area contributed by atoms with Crippen LogP contribution in [0, 0.1) is 5.82 Å². The molecule has 0 unspecified atom stereocenters. The SMILES string of the molecule is Nn1c(COc2ccc(F)cc2)nnc1SCC(=O)Nc1ccc(-c2ccccc2)cc1. The number of hydrogen-bond donors (Lipinski definition) is 2. The highest BCUT2D eigenvalue weighted by molar-refractivity contribution is 7.99. The molecule has 0 saturated carbocycles. The zero-order valence-electron chi connectivity index (χ0n) is 16.9. The lowest BCUT2D eigenvalue weighted by Crippen LogP contribution is -2.18. The van der Waals surface area contributed by atoms with Gasteiger partial charge in [0.05, 0.1) is 5.75 Å². The van der Waals surface area contributed by atoms with E-state index in [2.05, 4.69) is 15.5 Å². The van der Waals surface area contributed by atoms with Gasteiger partial charge in [-0.3, -0.25) is 4.79 Å². The van der Waals surface area contributed by atoms with Crippen LogP contribution in [0.3, 0.4) is 0 Å². The van der Waals surface area contributed by atoms with Crippen LogP contribution in [0.5, 0.6) is 5.75 Å². The van der Waals surface area contributed by atoms with Gasteiger partial charge in [0.2, 0.25) is 11.1 Å². The zero-order valence-corrected chi connectivity index (χ0v) is 17.8. The zero-order chi connectivity index (χ0) is 22.3. The number of carbonyl (C=O) groups excluding carboxylic acids is 1. The molecule has 0 aliphatic rings. The van der Waals surface area contributed by atoms with Crippen molar-refractivity contribution in [2.45, 2.75) is 11.8 Å². The Bertz CT molecular complexity index is 1180. The fraction of sp³-hybridized carbons (Fsp3) is 0.0870. The summed E-state index contributed by atoms with van der Waals surface area (Å²) in [7, 11) is 0. The number of rotatable bonds is 8. The van der Waals surface area contributed by atoms with Crippen LogP contribution >= 0.6 is 11.8 Å². The lowest BCUT2D eigenvalue weighted by atomic mass is 10.1. The van der Waals surface area contributed by atoms with E-state index in [1.165, 1.54) is 40.7 Å². The summed E-state index contributed by atoms with van der Waals surface area (Å²) in [5.74, 6) is 6.46. The van der Waals surface area contributed by atoms with Crippen molar-refractivity contribution in [3.05, 3.63) is 90.5 Å². The molecule has 0 saturated heterocycles. The molecule has 1 aromatic heterocycles. The summed E-state index contributed by atoms with van der Waals surface area (Å²) >= 11 is 1.17. The number of hydrogen-bond acceptors (Lipinski definition) is 6. The minimum Gasteiger partial charge on any atom is -0.486 e. The third-order valence-electron chi connectivity index (χ3n) is 4.52. The summed E-state index contributed by atoms with van der Waals surface area (Å²) in [4.78, 5) is 12.3. The van der Waals surface area contributed by atoms with Gasteiger partial charge in [0, 0.05) is 5.69 Å². The molecule has 4 rings (SSSR count). The van der Waals surface area contributed by atoms with Crippen LogP contribution in [0.15, 0.2) is 84.0 Å². The average Bonchev–Trinajstić information content (AvgIpc) is 3.17. The molecule has 0 atom stereocenters. The smallest absolute Gasteiger partial charge is 0.234 e. The molecule has 0 aliphatic carbocycles. The highest BCUT2D eigenvalue weighted by Gasteiger charge is 2.13. The first-order valence-electron chi connectivity index (χ1n) is 9.74. The van der Waals surface area contributed by atoms with Crippen molar-refractivity contribution in [3.8, 4) is 16.9 Å². The molecule has 0 fully saturated rings. The fourth-order valence-corrected chi connectivity index (χ4v) is 3.56. The molecule has 0 radical (unpaired) electrons. The van der Waals surface area contributed by atoms with E-state index in [1.54, 1.807) is 0 Å². The molecule has 3 N–H and O–H groups in total. The van der Waals surface area contributed by atoms with E-state index < -0.39 is 0 Å². The van der Waals surface area contributed by atoms with E-state index in [4.69, 9.17) is 10.6 Å². The molecule has 1 amide bonds. The summed E-state index contributed by atoms with van der Waals surface area (Å²) in [6.07, 6.45) is 0. The number of aromatic nitrogens is 3. The molecule has 3 aromatic carbocycles. The van der Waals surface area contributed by atoms with Gasteiger partial charge in [-0.15, -0.1) is 10.2 Å². The first kappa shape index (κ1) is 21.4. The largest absolute Gasteiger partial charge is 0.486 e. The van der Waals surface area contributed by atoms with Crippen molar-refractivity contribution in [1.29, 1.82) is 0 Å². The van der Waals surface area contributed by atoms with Crippen LogP contribution in [0.25, 0.3) is 11.1 Å². The van der Waals surface area contributed by atoms with Gasteiger partial charge in [-0.2, -0.15) is 0 Å². The quantitative estimate of drug-likeness (QED) is 0.311. The first-order chi connectivity index (χ1) is 15.6. The summed E-state index contributed by atoms with van der Waals surface area (Å²) in [5, 5.41) is 11.2. The lowest BCUT2D eigenvalue weighted by Gasteiger charge is -2.07. The Kier molecular flexibility index (Phi) is 6.66. The summed E-state index contributed by atoms with van der Waals surface area (Å²) in [6.45, 7) is 0.0651. The monoisotopic (exact) mass is 449 g/mol. The third kappa shape index (κ3) is 5.44. The number of benzene rings is 3. The van der Waals surface area contributed by atoms with E-state index in [1.807, 2.05) is 54.6 Å². The fourth-order valence-electron chi connectivity index (χ4n) is 2.89. The maximum Gasteiger partial charge on any atom is 0.234 e. The topological polar surface area (TPSA) is 95.1 Å². The van der Waals surface area contributed by atoms with E-state index >= 15 is 0 Å². The van der Waals surface area contributed by atoms with Crippen molar-refractivity contribution in [3.63, 3.8) is 0 Å². The molecule has 0 aliphatic heterocycles. The molecule has 9 heteroatoms. The molecular formula is C23H20FN5O2S. The second-order valence-electron chi connectivity index (χ2n) is 6.79. The number of nitrogens with two attached hydrogens (primary N) is 1. The van der Waals surface area contributed by atoms with Crippen molar-refractivity contribution < 1.29 is 13.9 Å². The third-order valence-corrected chi connectivity index (χ3v) is 5.47. The Balaban J connectivity index is 1.28. The van der Waals surface area contributed by atoms with Crippen molar-refractivity contribution in [2.75, 3.05) is 16.9 Å². The highest BCUT2D eigenvalue weighted by atomic mass is 32.2. The average molecular weight is 450 g/mol. The van der Waals surface area contributed by atoms with Crippen LogP contribution in [0.2, 0.25) is 0 Å². The maximum absolute atomic E-state index is 13.0. The summed E-state index contributed by atoms with van der Waals surface area (Å²) in [5.41, 5.74) is 2.89. The number of anilines is 1. The molecule has 162 valence electrons. The Morgan fingerprint density at radius 2 is 1.66 bits per heavy atom. The van der Waals surface area contributed by atoms with Crippen LogP contribution in [0.1, 0.15) is 5.82 Å². The van der Waals surface area contributed by atoms with Gasteiger partial charge in [0.15, 0.2) is 5.82 Å². The lowest BCUT2D eigenvalue weighted by molar-refractivity contribution is -0.113. The molecule has 1 heterocycles. The Morgan fingerprint density at radius 3 is 2.38 bits per heavy atom. The molecule has 7 nitrogen and oxygen atoms in total. The molecular weight excluding hydrogens is 429 g/mol. The number of nitrogens with zero attached hydrogens (tertiary/aromatic N) is 3. The Hall–Kier alpha value is -3.85. The second kappa shape index (κ2) is 9.97. The number of nitrogen functional groups attached to an aromatic ring is 1. The van der Waals surface area contributed by atoms with Gasteiger partial charge in [-0.25, -0.2) is 9.07 Å². The molecule has 0 bridgehead atoms. The van der Waals surface area contributed by atoms with E-state index in [9.17, 15) is 9.18 Å². The van der Waals surface area contributed by atoms with Crippen molar-refractivity contribution in [2.24, 2.45) is 0 Å². The normalized spacial score (nSPS) is 10.7. The first-order valence-corrected chi connectivity index (χ1v) is 10.7. The predicted molar refractivity (Wildman–Crippen MR) is 122 cm³/mol. The van der Waals surface area contributed by atoms with Gasteiger partial charge in [0.25, 0.3) is 0 Å². The molecule has 4 aromatic rings. The van der Waals surface area contributed by atoms with Crippen LogP contribution < -0.4 is 15.9 Å². The number of ether oxygens (including phenoxy) is 1. The van der Waals surface area contributed by atoms with Crippen LogP contribution in [-0.2, 0) is 11.4 Å². The minimum absolute atomic E-state index is 0.0651. The number of thioether (sulfide) groups is 1. The van der Waals surface area contributed by atoms with Gasteiger partial charge in [0.1, 0.15) is 18.2 Å². The van der Waals surface area contributed by atoms with Gasteiger partial charge >= 0.3 is 0 Å². The van der Waals surface area contributed by atoms with Gasteiger partial charge < -0.3 is 15.9 Å². The number of halogens is 1. The van der Waals surface area contributed by atoms with Crippen LogP contribution in [-0.4, -0.2) is 26.5 Å². The standard InChI is InChI=1S/C23H20FN5O2S/c24-18-8-12-20(13-9-18)31-14-21-27-28-23(29(21)25)32-15-22(30)26-19-10-6-17(7-11-19)16-4-2-1-3-5-16/h1-13H,14-15,25H2,(H,26,30). The predicted octanol–water partition coefficient (Wildman–Crippen LogP) is 4.11. The maximum atomic E-state index is 13.0. The molecule has 0 spiro atoms. The Labute approximate surface area is 188 Å².